The Labute approximate surface area is 147 Å². The summed E-state index contributed by atoms with van der Waals surface area (Å²) >= 11 is 12.3. The zero-order valence-electron chi connectivity index (χ0n) is 12.2. The van der Waals surface area contributed by atoms with Gasteiger partial charge in [-0.2, -0.15) is 4.98 Å². The lowest BCUT2D eigenvalue weighted by molar-refractivity contribution is 0.426. The molecule has 4 rings (SSSR count). The van der Waals surface area contributed by atoms with Crippen LogP contribution in [0.15, 0.2) is 59.1 Å². The second-order valence-electron chi connectivity index (χ2n) is 5.20. The Balaban J connectivity index is 1.85. The smallest absolute Gasteiger partial charge is 0.262 e. The van der Waals surface area contributed by atoms with Crippen LogP contribution in [-0.2, 0) is 0 Å². The molecule has 0 bridgehead atoms. The standard InChI is InChI=1S/C18H10Cl2N2O2/c19-13-6-3-7-14(20)15(13)17-21-18(24-22-17)12-9-8-10-4-1-2-5-11(10)16(12)23/h1-9,23H. The Kier molecular flexibility index (Phi) is 3.63. The highest BCUT2D eigenvalue weighted by Crippen LogP contribution is 2.37. The fraction of sp³-hybridized carbons (Fsp3) is 0. The summed E-state index contributed by atoms with van der Waals surface area (Å²) < 4.78 is 5.31. The van der Waals surface area contributed by atoms with Crippen LogP contribution < -0.4 is 0 Å². The fourth-order valence-electron chi connectivity index (χ4n) is 2.57. The van der Waals surface area contributed by atoms with Gasteiger partial charge in [-0.1, -0.05) is 64.8 Å². The van der Waals surface area contributed by atoms with Crippen molar-refractivity contribution >= 4 is 34.0 Å². The van der Waals surface area contributed by atoms with Crippen LogP contribution >= 0.6 is 23.2 Å². The van der Waals surface area contributed by atoms with Crippen molar-refractivity contribution in [1.82, 2.24) is 10.1 Å². The van der Waals surface area contributed by atoms with E-state index >= 15 is 0 Å². The molecule has 1 heterocycles. The SMILES string of the molecule is Oc1c(-c2nc(-c3c(Cl)cccc3Cl)no2)ccc2ccccc12. The van der Waals surface area contributed by atoms with Crippen molar-refractivity contribution in [2.45, 2.75) is 0 Å². The van der Waals surface area contributed by atoms with E-state index in [1.165, 1.54) is 0 Å². The molecular formula is C18H10Cl2N2O2. The minimum Gasteiger partial charge on any atom is -0.506 e. The Morgan fingerprint density at radius 1 is 0.875 bits per heavy atom. The van der Waals surface area contributed by atoms with Crippen molar-refractivity contribution in [3.63, 3.8) is 0 Å². The number of fused-ring (bicyclic) bond motifs is 1. The summed E-state index contributed by atoms with van der Waals surface area (Å²) in [6.07, 6.45) is 0. The van der Waals surface area contributed by atoms with Crippen LogP contribution in [0.4, 0.5) is 0 Å². The van der Waals surface area contributed by atoms with Crippen LogP contribution in [0.3, 0.4) is 0 Å². The van der Waals surface area contributed by atoms with Crippen molar-refractivity contribution in [2.24, 2.45) is 0 Å². The van der Waals surface area contributed by atoms with Crippen molar-refractivity contribution in [1.29, 1.82) is 0 Å². The maximum absolute atomic E-state index is 10.5. The van der Waals surface area contributed by atoms with E-state index in [-0.39, 0.29) is 17.5 Å². The number of rotatable bonds is 2. The van der Waals surface area contributed by atoms with E-state index in [0.717, 1.165) is 5.39 Å². The Morgan fingerprint density at radius 3 is 2.42 bits per heavy atom. The van der Waals surface area contributed by atoms with Crippen LogP contribution in [0.2, 0.25) is 10.0 Å². The van der Waals surface area contributed by atoms with Gasteiger partial charge in [0.2, 0.25) is 5.82 Å². The summed E-state index contributed by atoms with van der Waals surface area (Å²) in [5.74, 6) is 0.561. The topological polar surface area (TPSA) is 59.2 Å². The van der Waals surface area contributed by atoms with Gasteiger partial charge < -0.3 is 9.63 Å². The van der Waals surface area contributed by atoms with Gasteiger partial charge in [-0.05, 0) is 23.6 Å². The molecule has 0 radical (unpaired) electrons. The number of benzene rings is 3. The maximum atomic E-state index is 10.5. The molecule has 0 spiro atoms. The summed E-state index contributed by atoms with van der Waals surface area (Å²) in [5.41, 5.74) is 0.951. The fourth-order valence-corrected chi connectivity index (χ4v) is 3.14. The lowest BCUT2D eigenvalue weighted by Crippen LogP contribution is -1.85. The summed E-state index contributed by atoms with van der Waals surface area (Å²) in [7, 11) is 0. The third-order valence-corrected chi connectivity index (χ3v) is 4.37. The van der Waals surface area contributed by atoms with E-state index < -0.39 is 0 Å². The molecule has 0 amide bonds. The summed E-state index contributed by atoms with van der Waals surface area (Å²) in [4.78, 5) is 4.33. The first-order valence-corrected chi connectivity index (χ1v) is 7.90. The zero-order valence-corrected chi connectivity index (χ0v) is 13.7. The Bertz CT molecular complexity index is 1040. The molecule has 24 heavy (non-hydrogen) atoms. The second-order valence-corrected chi connectivity index (χ2v) is 6.02. The molecule has 0 saturated heterocycles. The third-order valence-electron chi connectivity index (χ3n) is 3.74. The van der Waals surface area contributed by atoms with Crippen LogP contribution in [0, 0.1) is 0 Å². The van der Waals surface area contributed by atoms with Gasteiger partial charge in [0.1, 0.15) is 5.75 Å². The number of halogens is 2. The molecule has 1 N–H and O–H groups in total. The number of hydrogen-bond donors (Lipinski definition) is 1. The van der Waals surface area contributed by atoms with Gasteiger partial charge in [-0.25, -0.2) is 0 Å². The van der Waals surface area contributed by atoms with Crippen molar-refractivity contribution in [3.05, 3.63) is 64.6 Å². The molecule has 4 aromatic rings. The number of nitrogens with zero attached hydrogens (tertiary/aromatic N) is 2. The van der Waals surface area contributed by atoms with E-state index in [0.29, 0.717) is 26.6 Å². The maximum Gasteiger partial charge on any atom is 0.262 e. The number of phenols is 1. The molecule has 0 aliphatic carbocycles. The molecule has 0 saturated carbocycles. The number of aromatic hydroxyl groups is 1. The molecule has 0 aliphatic rings. The summed E-state index contributed by atoms with van der Waals surface area (Å²) in [6, 6.07) is 16.3. The first kappa shape index (κ1) is 15.0. The van der Waals surface area contributed by atoms with Gasteiger partial charge in [-0.3, -0.25) is 0 Å². The van der Waals surface area contributed by atoms with Crippen molar-refractivity contribution in [2.75, 3.05) is 0 Å². The largest absolute Gasteiger partial charge is 0.506 e. The number of phenolic OH excluding ortho intramolecular Hbond substituents is 1. The molecule has 1 aromatic heterocycles. The van der Waals surface area contributed by atoms with Crippen LogP contribution in [0.5, 0.6) is 5.75 Å². The molecule has 0 unspecified atom stereocenters. The zero-order chi connectivity index (χ0) is 16.7. The highest BCUT2D eigenvalue weighted by atomic mass is 35.5. The normalized spacial score (nSPS) is 11.1. The predicted octanol–water partition coefficient (Wildman–Crippen LogP) is 5.57. The van der Waals surface area contributed by atoms with E-state index in [1.54, 1.807) is 24.3 Å². The first-order valence-electron chi connectivity index (χ1n) is 7.14. The highest BCUT2D eigenvalue weighted by Gasteiger charge is 2.18. The lowest BCUT2D eigenvalue weighted by atomic mass is 10.1. The molecule has 118 valence electrons. The van der Waals surface area contributed by atoms with Gasteiger partial charge >= 0.3 is 0 Å². The number of aromatic nitrogens is 2. The highest BCUT2D eigenvalue weighted by molar-refractivity contribution is 6.38. The van der Waals surface area contributed by atoms with Gasteiger partial charge in [0.05, 0.1) is 21.2 Å². The van der Waals surface area contributed by atoms with Gasteiger partial charge in [0, 0.05) is 5.39 Å². The van der Waals surface area contributed by atoms with Crippen molar-refractivity contribution < 1.29 is 9.63 Å². The van der Waals surface area contributed by atoms with Crippen molar-refractivity contribution in [3.8, 4) is 28.6 Å². The number of hydrogen-bond acceptors (Lipinski definition) is 4. The molecular weight excluding hydrogens is 347 g/mol. The average molecular weight is 357 g/mol. The molecule has 3 aromatic carbocycles. The van der Waals surface area contributed by atoms with Gasteiger partial charge in [-0.15, -0.1) is 0 Å². The third kappa shape index (κ3) is 2.40. The molecule has 0 fully saturated rings. The first-order chi connectivity index (χ1) is 11.6. The molecule has 4 nitrogen and oxygen atoms in total. The van der Waals surface area contributed by atoms with Crippen LogP contribution in [0.1, 0.15) is 0 Å². The Hall–Kier alpha value is -2.56. The summed E-state index contributed by atoms with van der Waals surface area (Å²) in [5, 5.41) is 16.9. The second kappa shape index (κ2) is 5.82. The Morgan fingerprint density at radius 2 is 1.62 bits per heavy atom. The molecule has 6 heteroatoms. The minimum absolute atomic E-state index is 0.0913. The van der Waals surface area contributed by atoms with E-state index in [2.05, 4.69) is 10.1 Å². The predicted molar refractivity (Wildman–Crippen MR) is 94.4 cm³/mol. The minimum atomic E-state index is 0.0913. The van der Waals surface area contributed by atoms with E-state index in [4.69, 9.17) is 27.7 Å². The van der Waals surface area contributed by atoms with E-state index in [9.17, 15) is 5.11 Å². The molecule has 0 atom stereocenters. The molecule has 0 aliphatic heterocycles. The van der Waals surface area contributed by atoms with Gasteiger partial charge in [0.25, 0.3) is 5.89 Å². The summed E-state index contributed by atoms with van der Waals surface area (Å²) in [6.45, 7) is 0. The van der Waals surface area contributed by atoms with Crippen LogP contribution in [-0.4, -0.2) is 15.2 Å². The van der Waals surface area contributed by atoms with Crippen LogP contribution in [0.25, 0.3) is 33.6 Å². The van der Waals surface area contributed by atoms with Gasteiger partial charge in [0.15, 0.2) is 0 Å². The quantitative estimate of drug-likeness (QED) is 0.510. The monoisotopic (exact) mass is 356 g/mol. The average Bonchev–Trinajstić information content (AvgIpc) is 3.04. The van der Waals surface area contributed by atoms with E-state index in [1.807, 2.05) is 30.3 Å². The lowest BCUT2D eigenvalue weighted by Gasteiger charge is -2.04.